The van der Waals surface area contributed by atoms with Gasteiger partial charge < -0.3 is 19.9 Å². The first kappa shape index (κ1) is 34.2. The van der Waals surface area contributed by atoms with Crippen molar-refractivity contribution >= 4 is 55.7 Å². The fourth-order valence-corrected chi connectivity index (χ4v) is 12.6. The van der Waals surface area contributed by atoms with Gasteiger partial charge in [-0.15, -0.1) is 0 Å². The van der Waals surface area contributed by atoms with E-state index in [4.69, 9.17) is 21.8 Å². The molecular formula is C42H47ClN2O6. The van der Waals surface area contributed by atoms with Gasteiger partial charge in [0.05, 0.1) is 23.3 Å². The van der Waals surface area contributed by atoms with Crippen LogP contribution in [0.25, 0.3) is 21.5 Å². The van der Waals surface area contributed by atoms with E-state index in [1.54, 1.807) is 42.5 Å². The first-order valence-corrected chi connectivity index (χ1v) is 19.2. The summed E-state index contributed by atoms with van der Waals surface area (Å²) in [6.45, 7) is 0. The van der Waals surface area contributed by atoms with Crippen molar-refractivity contribution in [3.05, 3.63) is 81.9 Å². The minimum absolute atomic E-state index is 0.0858. The summed E-state index contributed by atoms with van der Waals surface area (Å²) in [7, 11) is 0. The molecule has 8 saturated carbocycles. The summed E-state index contributed by atoms with van der Waals surface area (Å²) in [5.41, 5.74) is 6.80. The summed E-state index contributed by atoms with van der Waals surface area (Å²) in [5.74, 6) is 5.42. The molecule has 2 aromatic carbocycles. The molecule has 0 saturated heterocycles. The number of hydrogen-bond acceptors (Lipinski definition) is 7. The molecule has 9 heteroatoms. The number of nitrogens with one attached hydrogen (secondary N) is 1. The maximum absolute atomic E-state index is 12.8. The number of anilines is 2. The van der Waals surface area contributed by atoms with E-state index in [1.807, 2.05) is 6.07 Å². The topological polar surface area (TPSA) is 133 Å². The fraction of sp³-hybridized carbons (Fsp3) is 0.524. The zero-order chi connectivity index (χ0) is 35.3. The Hall–Kier alpha value is -3.91. The Morgan fingerprint density at radius 2 is 1.06 bits per heavy atom. The van der Waals surface area contributed by atoms with Gasteiger partial charge in [-0.1, -0.05) is 12.1 Å². The van der Waals surface area contributed by atoms with Crippen LogP contribution in [0.2, 0.25) is 0 Å². The number of fused-ring (bicyclic) bond motifs is 2. The molecule has 0 unspecified atom stereocenters. The van der Waals surface area contributed by atoms with Crippen LogP contribution in [0.4, 0.5) is 11.4 Å². The highest BCUT2D eigenvalue weighted by Crippen LogP contribution is 2.62. The third-order valence-corrected chi connectivity index (χ3v) is 13.3. The Morgan fingerprint density at radius 1 is 0.627 bits per heavy atom. The largest absolute Gasteiger partial charge is 0.431 e. The number of carbonyl (C=O) groups excluding carboxylic acids is 2. The van der Waals surface area contributed by atoms with E-state index in [0.717, 1.165) is 46.3 Å². The molecule has 4 aromatic rings. The normalized spacial score (nSPS) is 32.2. The van der Waals surface area contributed by atoms with Gasteiger partial charge in [-0.3, -0.25) is 9.59 Å². The summed E-state index contributed by atoms with van der Waals surface area (Å²) in [6.07, 6.45) is 20.0. The van der Waals surface area contributed by atoms with E-state index >= 15 is 0 Å². The molecule has 51 heavy (non-hydrogen) atoms. The van der Waals surface area contributed by atoms with Gasteiger partial charge in [0, 0.05) is 35.0 Å². The van der Waals surface area contributed by atoms with Gasteiger partial charge in [0.25, 0.3) is 0 Å². The standard InChI is InChI=1S/C21H23NO3.C12H17ClO.C9H7NO2/c23-19(12-21-9-13-6-14(10-21)8-15(7-13)11-21)22-18-3-1-2-17-16(18)4-5-25-20(17)24;13-11(14)7-12-4-8-1-9(5-12)3-10(2-8)6-12;10-8-3-1-2-7-6(8)4-5-12-9(7)11/h1-5,13-15H,6-12H2,(H,22,23);8-10H,1-7H2;1-5H,10H2. The Labute approximate surface area is 302 Å². The van der Waals surface area contributed by atoms with E-state index < -0.39 is 0 Å². The third kappa shape index (κ3) is 7.13. The van der Waals surface area contributed by atoms with Crippen molar-refractivity contribution in [3.63, 3.8) is 0 Å². The monoisotopic (exact) mass is 710 g/mol. The van der Waals surface area contributed by atoms with Gasteiger partial charge in [-0.25, -0.2) is 9.59 Å². The number of carbonyl (C=O) groups is 2. The molecule has 3 N–H and O–H groups in total. The number of benzene rings is 2. The van der Waals surface area contributed by atoms with Crippen molar-refractivity contribution < 1.29 is 18.4 Å². The summed E-state index contributed by atoms with van der Waals surface area (Å²) < 4.78 is 9.61. The van der Waals surface area contributed by atoms with E-state index in [-0.39, 0.29) is 27.8 Å². The fourth-order valence-electron chi connectivity index (χ4n) is 12.3. The molecule has 12 rings (SSSR count). The second kappa shape index (κ2) is 13.6. The zero-order valence-electron chi connectivity index (χ0n) is 29.0. The Balaban J connectivity index is 0.000000121. The molecule has 2 heterocycles. The van der Waals surface area contributed by atoms with Gasteiger partial charge in [0.2, 0.25) is 11.1 Å². The minimum Gasteiger partial charge on any atom is -0.431 e. The number of nitrogens with two attached hydrogens (primary N) is 1. The summed E-state index contributed by atoms with van der Waals surface area (Å²) >= 11 is 5.57. The van der Waals surface area contributed by atoms with Crippen molar-refractivity contribution in [3.8, 4) is 0 Å². The molecule has 0 spiro atoms. The van der Waals surface area contributed by atoms with Crippen molar-refractivity contribution in [2.24, 2.45) is 46.3 Å². The van der Waals surface area contributed by atoms with Crippen LogP contribution in [0.15, 0.2) is 79.5 Å². The highest BCUT2D eigenvalue weighted by molar-refractivity contribution is 6.63. The predicted molar refractivity (Wildman–Crippen MR) is 199 cm³/mol. The lowest BCUT2D eigenvalue weighted by Gasteiger charge is -2.56. The molecule has 0 atom stereocenters. The van der Waals surface area contributed by atoms with Crippen LogP contribution >= 0.6 is 11.6 Å². The van der Waals surface area contributed by atoms with Crippen LogP contribution in [-0.4, -0.2) is 11.1 Å². The van der Waals surface area contributed by atoms with Crippen LogP contribution in [0, 0.1) is 46.3 Å². The molecular weight excluding hydrogens is 664 g/mol. The van der Waals surface area contributed by atoms with Crippen LogP contribution in [0.5, 0.6) is 0 Å². The molecule has 1 amide bonds. The number of amides is 1. The van der Waals surface area contributed by atoms with Crippen molar-refractivity contribution in [2.45, 2.75) is 89.9 Å². The SMILES string of the molecule is Nc1cccc2c(=O)occc12.O=C(CC12CC3CC(CC(C3)C1)C2)Nc1cccc2c(=O)occc12.O=C(Cl)CC12CC3CC(CC(C3)C1)C2. The first-order chi connectivity index (χ1) is 24.5. The molecule has 8 fully saturated rings. The molecule has 8 bridgehead atoms. The number of hydrogen-bond donors (Lipinski definition) is 2. The molecule has 2 aromatic heterocycles. The van der Waals surface area contributed by atoms with Gasteiger partial charge in [0.15, 0.2) is 0 Å². The predicted octanol–water partition coefficient (Wildman–Crippen LogP) is 9.07. The molecule has 268 valence electrons. The molecule has 0 aliphatic heterocycles. The Bertz CT molecular complexity index is 2010. The average molecular weight is 711 g/mol. The summed E-state index contributed by atoms with van der Waals surface area (Å²) in [6, 6.07) is 14.0. The lowest BCUT2D eigenvalue weighted by molar-refractivity contribution is -0.124. The van der Waals surface area contributed by atoms with Gasteiger partial charge in [-0.05, 0) is 171 Å². The van der Waals surface area contributed by atoms with Gasteiger partial charge in [-0.2, -0.15) is 0 Å². The molecule has 8 aliphatic carbocycles. The van der Waals surface area contributed by atoms with Crippen LogP contribution in [0.1, 0.15) is 89.9 Å². The summed E-state index contributed by atoms with van der Waals surface area (Å²) in [5, 5.41) is 5.49. The van der Waals surface area contributed by atoms with Crippen molar-refractivity contribution in [1.29, 1.82) is 0 Å². The minimum atomic E-state index is -0.366. The Kier molecular flexibility index (Phi) is 9.10. The van der Waals surface area contributed by atoms with E-state index in [9.17, 15) is 19.2 Å². The highest BCUT2D eigenvalue weighted by Gasteiger charge is 2.52. The zero-order valence-corrected chi connectivity index (χ0v) is 29.8. The lowest BCUT2D eigenvalue weighted by atomic mass is 9.49. The second-order valence-corrected chi connectivity index (χ2v) is 17.5. The second-order valence-electron chi connectivity index (χ2n) is 17.1. The summed E-state index contributed by atoms with van der Waals surface area (Å²) in [4.78, 5) is 46.9. The van der Waals surface area contributed by atoms with Crippen LogP contribution in [-0.2, 0) is 9.59 Å². The van der Waals surface area contributed by atoms with Gasteiger partial charge in [0.1, 0.15) is 0 Å². The molecule has 8 aliphatic rings. The van der Waals surface area contributed by atoms with E-state index in [1.165, 1.54) is 89.6 Å². The number of rotatable bonds is 5. The highest BCUT2D eigenvalue weighted by atomic mass is 35.5. The maximum atomic E-state index is 12.8. The molecule has 8 nitrogen and oxygen atoms in total. The van der Waals surface area contributed by atoms with E-state index in [0.29, 0.717) is 40.4 Å². The number of nitrogen functional groups attached to an aromatic ring is 1. The lowest BCUT2D eigenvalue weighted by Crippen LogP contribution is -2.47. The first-order valence-electron chi connectivity index (χ1n) is 18.8. The third-order valence-electron chi connectivity index (χ3n) is 13.2. The number of halogens is 1. The van der Waals surface area contributed by atoms with Crippen molar-refractivity contribution in [1.82, 2.24) is 0 Å². The van der Waals surface area contributed by atoms with Crippen LogP contribution < -0.4 is 22.3 Å². The van der Waals surface area contributed by atoms with E-state index in [2.05, 4.69) is 9.73 Å². The molecule has 0 radical (unpaired) electrons. The average Bonchev–Trinajstić information content (AvgIpc) is 3.04. The smallest absolute Gasteiger partial charge is 0.343 e. The van der Waals surface area contributed by atoms with Crippen LogP contribution in [0.3, 0.4) is 0 Å². The van der Waals surface area contributed by atoms with Gasteiger partial charge >= 0.3 is 11.3 Å². The van der Waals surface area contributed by atoms with Crippen molar-refractivity contribution in [2.75, 3.05) is 11.1 Å². The maximum Gasteiger partial charge on any atom is 0.343 e. The Morgan fingerprint density at radius 3 is 1.53 bits per heavy atom. The quantitative estimate of drug-likeness (QED) is 0.156.